The molecular formula is C10H14N2O2. The van der Waals surface area contributed by atoms with Crippen molar-refractivity contribution in [3.05, 3.63) is 17.7 Å². The molecule has 0 bridgehead atoms. The molecule has 4 heteroatoms. The number of rotatable bonds is 2. The highest BCUT2D eigenvalue weighted by Gasteiger charge is 2.21. The molecule has 0 amide bonds. The smallest absolute Gasteiger partial charge is 0.303 e. The number of aromatic nitrogens is 2. The summed E-state index contributed by atoms with van der Waals surface area (Å²) in [6.45, 7) is 2.81. The minimum atomic E-state index is -0.699. The van der Waals surface area contributed by atoms with E-state index in [0.29, 0.717) is 0 Å². The van der Waals surface area contributed by atoms with Crippen LogP contribution in [0.2, 0.25) is 0 Å². The minimum absolute atomic E-state index is 0.272. The van der Waals surface area contributed by atoms with E-state index in [2.05, 4.69) is 9.55 Å². The number of carboxylic acid groups (broad SMARTS) is 1. The summed E-state index contributed by atoms with van der Waals surface area (Å²) >= 11 is 0. The van der Waals surface area contributed by atoms with Crippen molar-refractivity contribution in [2.75, 3.05) is 0 Å². The molecule has 14 heavy (non-hydrogen) atoms. The highest BCUT2D eigenvalue weighted by molar-refractivity contribution is 5.67. The highest BCUT2D eigenvalue weighted by atomic mass is 16.4. The predicted octanol–water partition coefficient (Wildman–Crippen LogP) is 1.23. The number of carboxylic acids is 1. The second-order valence-corrected chi connectivity index (χ2v) is 3.93. The van der Waals surface area contributed by atoms with Crippen molar-refractivity contribution in [3.63, 3.8) is 0 Å². The molecule has 76 valence electrons. The molecule has 2 heterocycles. The van der Waals surface area contributed by atoms with Gasteiger partial charge < -0.3 is 9.67 Å². The molecule has 0 fully saturated rings. The van der Waals surface area contributed by atoms with Crippen LogP contribution in [-0.2, 0) is 17.8 Å². The van der Waals surface area contributed by atoms with Crippen LogP contribution >= 0.6 is 0 Å². The summed E-state index contributed by atoms with van der Waals surface area (Å²) in [7, 11) is 0. The van der Waals surface area contributed by atoms with Gasteiger partial charge in [-0.05, 0) is 25.7 Å². The summed E-state index contributed by atoms with van der Waals surface area (Å²) in [5, 5.41) is 8.69. The maximum atomic E-state index is 10.6. The Bertz CT molecular complexity index is 357. The van der Waals surface area contributed by atoms with Crippen molar-refractivity contribution < 1.29 is 9.90 Å². The van der Waals surface area contributed by atoms with E-state index in [1.165, 1.54) is 5.69 Å². The predicted molar refractivity (Wildman–Crippen MR) is 51.0 cm³/mol. The third-order valence-corrected chi connectivity index (χ3v) is 2.86. The summed E-state index contributed by atoms with van der Waals surface area (Å²) in [5.41, 5.74) is 2.35. The van der Waals surface area contributed by atoms with Gasteiger partial charge >= 0.3 is 5.97 Å². The van der Waals surface area contributed by atoms with Gasteiger partial charge in [-0.25, -0.2) is 4.98 Å². The Kier molecular flexibility index (Phi) is 2.27. The lowest BCUT2D eigenvalue weighted by molar-refractivity contribution is -0.138. The molecular weight excluding hydrogens is 180 g/mol. The van der Waals surface area contributed by atoms with Crippen molar-refractivity contribution in [3.8, 4) is 0 Å². The van der Waals surface area contributed by atoms with E-state index in [0.717, 1.165) is 25.1 Å². The Labute approximate surface area is 82.6 Å². The maximum Gasteiger partial charge on any atom is 0.303 e. The zero-order chi connectivity index (χ0) is 10.1. The summed E-state index contributed by atoms with van der Waals surface area (Å²) < 4.78 is 2.09. The van der Waals surface area contributed by atoms with Crippen LogP contribution < -0.4 is 0 Å². The molecule has 1 aliphatic rings. The van der Waals surface area contributed by atoms with Crippen LogP contribution in [0.4, 0.5) is 0 Å². The van der Waals surface area contributed by atoms with Crippen LogP contribution in [0.1, 0.15) is 24.2 Å². The van der Waals surface area contributed by atoms with E-state index in [1.807, 2.05) is 13.3 Å². The molecule has 0 radical (unpaired) electrons. The van der Waals surface area contributed by atoms with E-state index in [9.17, 15) is 4.79 Å². The second-order valence-electron chi connectivity index (χ2n) is 3.93. The topological polar surface area (TPSA) is 55.1 Å². The first kappa shape index (κ1) is 9.24. The van der Waals surface area contributed by atoms with E-state index in [-0.39, 0.29) is 12.3 Å². The van der Waals surface area contributed by atoms with Crippen molar-refractivity contribution in [1.82, 2.24) is 9.55 Å². The number of hydrogen-bond acceptors (Lipinski definition) is 2. The van der Waals surface area contributed by atoms with Crippen LogP contribution in [0, 0.1) is 12.8 Å². The SMILES string of the molecule is Cc1ncn2c1CCC(CC(=O)O)C2. The van der Waals surface area contributed by atoms with Crippen molar-refractivity contribution >= 4 is 5.97 Å². The zero-order valence-corrected chi connectivity index (χ0v) is 8.23. The number of nitrogens with zero attached hydrogens (tertiary/aromatic N) is 2. The molecule has 1 aromatic heterocycles. The van der Waals surface area contributed by atoms with Gasteiger partial charge in [0.2, 0.25) is 0 Å². The van der Waals surface area contributed by atoms with Crippen LogP contribution in [0.5, 0.6) is 0 Å². The average Bonchev–Trinajstić information content (AvgIpc) is 2.46. The molecule has 0 spiro atoms. The molecule has 0 aromatic carbocycles. The van der Waals surface area contributed by atoms with Crippen molar-refractivity contribution in [2.45, 2.75) is 32.7 Å². The standard InChI is InChI=1S/C10H14N2O2/c1-7-9-3-2-8(4-10(13)14)5-12(9)6-11-7/h6,8H,2-5H2,1H3,(H,13,14). The number of aliphatic carboxylic acids is 1. The summed E-state index contributed by atoms with van der Waals surface area (Å²) in [4.78, 5) is 14.8. The summed E-state index contributed by atoms with van der Waals surface area (Å²) in [5.74, 6) is -0.427. The molecule has 0 saturated carbocycles. The largest absolute Gasteiger partial charge is 0.481 e. The van der Waals surface area contributed by atoms with Crippen molar-refractivity contribution in [2.24, 2.45) is 5.92 Å². The highest BCUT2D eigenvalue weighted by Crippen LogP contribution is 2.23. The number of aryl methyl sites for hydroxylation is 1. The molecule has 2 rings (SSSR count). The van der Waals surface area contributed by atoms with E-state index in [4.69, 9.17) is 5.11 Å². The van der Waals surface area contributed by atoms with E-state index < -0.39 is 5.97 Å². The first-order valence-electron chi connectivity index (χ1n) is 4.89. The third kappa shape index (κ3) is 1.64. The molecule has 1 unspecified atom stereocenters. The van der Waals surface area contributed by atoms with Crippen molar-refractivity contribution in [1.29, 1.82) is 0 Å². The lowest BCUT2D eigenvalue weighted by Crippen LogP contribution is -2.22. The Morgan fingerprint density at radius 3 is 3.29 bits per heavy atom. The molecule has 0 saturated heterocycles. The van der Waals surface area contributed by atoms with Gasteiger partial charge in [-0.2, -0.15) is 0 Å². The summed E-state index contributed by atoms with van der Waals surface area (Å²) in [6.07, 6.45) is 4.03. The maximum absolute atomic E-state index is 10.6. The van der Waals surface area contributed by atoms with Crippen LogP contribution in [-0.4, -0.2) is 20.6 Å². The normalized spacial score (nSPS) is 20.5. The number of fused-ring (bicyclic) bond motifs is 1. The Hall–Kier alpha value is -1.32. The fourth-order valence-electron chi connectivity index (χ4n) is 2.11. The lowest BCUT2D eigenvalue weighted by atomic mass is 9.94. The van der Waals surface area contributed by atoms with Gasteiger partial charge in [0.1, 0.15) is 0 Å². The molecule has 1 atom stereocenters. The lowest BCUT2D eigenvalue weighted by Gasteiger charge is -2.23. The number of imidazole rings is 1. The zero-order valence-electron chi connectivity index (χ0n) is 8.23. The Balaban J connectivity index is 2.10. The minimum Gasteiger partial charge on any atom is -0.481 e. The van der Waals surface area contributed by atoms with Crippen LogP contribution in [0.3, 0.4) is 0 Å². The number of hydrogen-bond donors (Lipinski definition) is 1. The fourth-order valence-corrected chi connectivity index (χ4v) is 2.11. The molecule has 4 nitrogen and oxygen atoms in total. The van der Waals surface area contributed by atoms with E-state index in [1.54, 1.807) is 0 Å². The third-order valence-electron chi connectivity index (χ3n) is 2.86. The van der Waals surface area contributed by atoms with Gasteiger partial charge in [0.15, 0.2) is 0 Å². The molecule has 0 aliphatic carbocycles. The first-order valence-corrected chi connectivity index (χ1v) is 4.89. The Morgan fingerprint density at radius 2 is 2.57 bits per heavy atom. The Morgan fingerprint density at radius 1 is 1.79 bits per heavy atom. The second kappa shape index (κ2) is 3.44. The molecule has 1 aromatic rings. The average molecular weight is 194 g/mol. The van der Waals surface area contributed by atoms with E-state index >= 15 is 0 Å². The number of carbonyl (C=O) groups is 1. The van der Waals surface area contributed by atoms with Crippen LogP contribution in [0.25, 0.3) is 0 Å². The van der Waals surface area contributed by atoms with Crippen LogP contribution in [0.15, 0.2) is 6.33 Å². The van der Waals surface area contributed by atoms with Gasteiger partial charge in [-0.3, -0.25) is 4.79 Å². The van der Waals surface area contributed by atoms with Gasteiger partial charge in [0.05, 0.1) is 12.0 Å². The quantitative estimate of drug-likeness (QED) is 0.770. The van der Waals surface area contributed by atoms with Gasteiger partial charge in [0.25, 0.3) is 0 Å². The first-order chi connectivity index (χ1) is 6.66. The van der Waals surface area contributed by atoms with Gasteiger partial charge in [-0.15, -0.1) is 0 Å². The summed E-state index contributed by atoms with van der Waals surface area (Å²) in [6, 6.07) is 0. The molecule has 1 N–H and O–H groups in total. The fraction of sp³-hybridized carbons (Fsp3) is 0.600. The monoisotopic (exact) mass is 194 g/mol. The molecule has 1 aliphatic heterocycles. The van der Waals surface area contributed by atoms with Gasteiger partial charge in [-0.1, -0.05) is 0 Å². The van der Waals surface area contributed by atoms with Gasteiger partial charge in [0, 0.05) is 18.7 Å².